The van der Waals surface area contributed by atoms with E-state index in [2.05, 4.69) is 24.1 Å². The Morgan fingerprint density at radius 1 is 1.24 bits per heavy atom. The van der Waals surface area contributed by atoms with E-state index in [0.717, 1.165) is 44.9 Å². The lowest BCUT2D eigenvalue weighted by Crippen LogP contribution is -2.61. The summed E-state index contributed by atoms with van der Waals surface area (Å²) in [6.07, 6.45) is 7.49. The number of hydrogen-bond acceptors (Lipinski definition) is 4. The second kappa shape index (κ2) is 7.59. The van der Waals surface area contributed by atoms with Gasteiger partial charge in [0.05, 0.1) is 7.11 Å². The maximum atomic E-state index is 12.4. The molecule has 1 atom stereocenters. The van der Waals surface area contributed by atoms with E-state index in [-0.39, 0.29) is 5.97 Å². The largest absolute Gasteiger partial charge is 0.468 e. The van der Waals surface area contributed by atoms with Crippen molar-refractivity contribution in [3.05, 3.63) is 0 Å². The minimum Gasteiger partial charge on any atom is -0.468 e. The van der Waals surface area contributed by atoms with Gasteiger partial charge in [-0.2, -0.15) is 0 Å². The summed E-state index contributed by atoms with van der Waals surface area (Å²) in [5.41, 5.74) is -0.471. The Kier molecular flexibility index (Phi) is 6.06. The summed E-state index contributed by atoms with van der Waals surface area (Å²) in [5, 5.41) is 3.48. The Hall–Kier alpha value is -0.610. The van der Waals surface area contributed by atoms with Crippen molar-refractivity contribution in [2.75, 3.05) is 33.3 Å². The summed E-state index contributed by atoms with van der Waals surface area (Å²) >= 11 is 0. The predicted octanol–water partition coefficient (Wildman–Crippen LogP) is 2.43. The molecule has 1 saturated carbocycles. The molecular weight excluding hydrogens is 264 g/mol. The fourth-order valence-electron chi connectivity index (χ4n) is 3.90. The normalized spacial score (nSPS) is 23.8. The van der Waals surface area contributed by atoms with Crippen LogP contribution >= 0.6 is 0 Å². The summed E-state index contributed by atoms with van der Waals surface area (Å²) in [6.45, 7) is 8.23. The topological polar surface area (TPSA) is 41.6 Å². The molecule has 1 aliphatic carbocycles. The standard InChI is InChI=1S/C17H32N2O2/c1-4-6-14-9-11-19(12-10-14)13-17(18-5-2,15-7-8-15)16(20)21-3/h14-15,18H,4-13H2,1-3H3. The van der Waals surface area contributed by atoms with Crippen molar-refractivity contribution in [2.45, 2.75) is 57.9 Å². The van der Waals surface area contributed by atoms with Gasteiger partial charge in [0.15, 0.2) is 0 Å². The van der Waals surface area contributed by atoms with Crippen molar-refractivity contribution in [2.24, 2.45) is 11.8 Å². The quantitative estimate of drug-likeness (QED) is 0.699. The zero-order valence-electron chi connectivity index (χ0n) is 14.0. The molecule has 1 unspecified atom stereocenters. The molecule has 1 heterocycles. The molecule has 4 nitrogen and oxygen atoms in total. The van der Waals surface area contributed by atoms with Crippen LogP contribution in [0.5, 0.6) is 0 Å². The molecule has 2 aliphatic rings. The van der Waals surface area contributed by atoms with E-state index >= 15 is 0 Å². The van der Waals surface area contributed by atoms with Crippen molar-refractivity contribution in [3.63, 3.8) is 0 Å². The van der Waals surface area contributed by atoms with Crippen molar-refractivity contribution >= 4 is 5.97 Å². The first-order valence-corrected chi connectivity index (χ1v) is 8.72. The first-order valence-electron chi connectivity index (χ1n) is 8.72. The maximum Gasteiger partial charge on any atom is 0.327 e. The van der Waals surface area contributed by atoms with Crippen LogP contribution in [-0.4, -0.2) is 49.7 Å². The monoisotopic (exact) mass is 296 g/mol. The van der Waals surface area contributed by atoms with Crippen molar-refractivity contribution in [3.8, 4) is 0 Å². The lowest BCUT2D eigenvalue weighted by atomic mass is 9.88. The molecule has 0 aromatic carbocycles. The van der Waals surface area contributed by atoms with Crippen LogP contribution in [0.25, 0.3) is 0 Å². The molecule has 1 N–H and O–H groups in total. The summed E-state index contributed by atoms with van der Waals surface area (Å²) in [7, 11) is 1.52. The van der Waals surface area contributed by atoms with Gasteiger partial charge in [-0.25, -0.2) is 4.79 Å². The molecule has 122 valence electrons. The molecule has 21 heavy (non-hydrogen) atoms. The third-order valence-electron chi connectivity index (χ3n) is 5.19. The number of esters is 1. The first-order chi connectivity index (χ1) is 10.2. The zero-order valence-corrected chi connectivity index (χ0v) is 14.0. The van der Waals surface area contributed by atoms with Gasteiger partial charge < -0.3 is 15.0 Å². The van der Waals surface area contributed by atoms with Crippen molar-refractivity contribution in [1.82, 2.24) is 10.2 Å². The van der Waals surface area contributed by atoms with E-state index in [4.69, 9.17) is 4.74 Å². The minimum atomic E-state index is -0.471. The summed E-state index contributed by atoms with van der Waals surface area (Å²) < 4.78 is 5.14. The molecule has 1 aliphatic heterocycles. The van der Waals surface area contributed by atoms with Gasteiger partial charge in [-0.15, -0.1) is 0 Å². The number of nitrogens with one attached hydrogen (secondary N) is 1. The number of carbonyl (C=O) groups is 1. The summed E-state index contributed by atoms with van der Waals surface area (Å²) in [4.78, 5) is 14.9. The Balaban J connectivity index is 1.97. The van der Waals surface area contributed by atoms with Crippen LogP contribution < -0.4 is 5.32 Å². The van der Waals surface area contributed by atoms with Crippen molar-refractivity contribution < 1.29 is 9.53 Å². The highest BCUT2D eigenvalue weighted by Crippen LogP contribution is 2.41. The molecule has 4 heteroatoms. The van der Waals surface area contributed by atoms with E-state index in [0.29, 0.717) is 5.92 Å². The van der Waals surface area contributed by atoms with Crippen LogP contribution in [0.4, 0.5) is 0 Å². The lowest BCUT2D eigenvalue weighted by Gasteiger charge is -2.40. The zero-order chi connectivity index (χ0) is 15.3. The average molecular weight is 296 g/mol. The van der Waals surface area contributed by atoms with E-state index in [1.807, 2.05) is 0 Å². The lowest BCUT2D eigenvalue weighted by molar-refractivity contribution is -0.151. The van der Waals surface area contributed by atoms with Gasteiger partial charge in [0.25, 0.3) is 0 Å². The molecule has 1 saturated heterocycles. The number of rotatable bonds is 8. The molecule has 0 aromatic heterocycles. The van der Waals surface area contributed by atoms with Gasteiger partial charge in [0.1, 0.15) is 5.54 Å². The van der Waals surface area contributed by atoms with Crippen LogP contribution in [0.1, 0.15) is 52.4 Å². The molecule has 0 spiro atoms. The molecular formula is C17H32N2O2. The van der Waals surface area contributed by atoms with Gasteiger partial charge in [-0.3, -0.25) is 0 Å². The smallest absolute Gasteiger partial charge is 0.327 e. The van der Waals surface area contributed by atoms with Gasteiger partial charge in [-0.05, 0) is 57.2 Å². The van der Waals surface area contributed by atoms with Gasteiger partial charge in [0, 0.05) is 6.54 Å². The number of methoxy groups -OCH3 is 1. The molecule has 0 radical (unpaired) electrons. The van der Waals surface area contributed by atoms with Gasteiger partial charge in [0.2, 0.25) is 0 Å². The number of likely N-dealkylation sites (N-methyl/N-ethyl adjacent to an activating group) is 1. The Morgan fingerprint density at radius 3 is 2.38 bits per heavy atom. The Bertz CT molecular complexity index is 336. The highest BCUT2D eigenvalue weighted by molar-refractivity contribution is 5.82. The minimum absolute atomic E-state index is 0.0671. The van der Waals surface area contributed by atoms with Crippen LogP contribution in [0.3, 0.4) is 0 Å². The third kappa shape index (κ3) is 3.98. The maximum absolute atomic E-state index is 12.4. The summed E-state index contributed by atoms with van der Waals surface area (Å²) in [6, 6.07) is 0. The van der Waals surface area contributed by atoms with Crippen molar-refractivity contribution in [1.29, 1.82) is 0 Å². The molecule has 0 aromatic rings. The number of ether oxygens (including phenoxy) is 1. The predicted molar refractivity (Wildman–Crippen MR) is 85.2 cm³/mol. The van der Waals surface area contributed by atoms with E-state index < -0.39 is 5.54 Å². The number of likely N-dealkylation sites (tertiary alicyclic amines) is 1. The second-order valence-corrected chi connectivity index (χ2v) is 6.78. The average Bonchev–Trinajstić information content (AvgIpc) is 3.33. The van der Waals surface area contributed by atoms with E-state index in [9.17, 15) is 4.79 Å². The van der Waals surface area contributed by atoms with Crippen LogP contribution in [0, 0.1) is 11.8 Å². The molecule has 2 fully saturated rings. The van der Waals surface area contributed by atoms with Gasteiger partial charge >= 0.3 is 5.97 Å². The van der Waals surface area contributed by atoms with Crippen LogP contribution in [-0.2, 0) is 9.53 Å². The Morgan fingerprint density at radius 2 is 1.90 bits per heavy atom. The number of piperidine rings is 1. The second-order valence-electron chi connectivity index (χ2n) is 6.78. The van der Waals surface area contributed by atoms with Gasteiger partial charge in [-0.1, -0.05) is 26.7 Å². The summed E-state index contributed by atoms with van der Waals surface area (Å²) in [5.74, 6) is 1.28. The fourth-order valence-corrected chi connectivity index (χ4v) is 3.90. The highest BCUT2D eigenvalue weighted by Gasteiger charge is 2.52. The molecule has 2 rings (SSSR count). The van der Waals surface area contributed by atoms with Crippen LogP contribution in [0.2, 0.25) is 0 Å². The van der Waals surface area contributed by atoms with E-state index in [1.165, 1.54) is 32.8 Å². The highest BCUT2D eigenvalue weighted by atomic mass is 16.5. The number of hydrogen-bond donors (Lipinski definition) is 1. The van der Waals surface area contributed by atoms with E-state index in [1.54, 1.807) is 0 Å². The molecule has 0 amide bonds. The number of carbonyl (C=O) groups excluding carboxylic acids is 1. The SMILES string of the molecule is CCCC1CCN(CC(NCC)(C(=O)OC)C2CC2)CC1. The Labute approximate surface area is 129 Å². The first kappa shape index (κ1) is 16.8. The fraction of sp³-hybridized carbons (Fsp3) is 0.941. The van der Waals surface area contributed by atoms with Crippen LogP contribution in [0.15, 0.2) is 0 Å². The molecule has 0 bridgehead atoms. The number of nitrogens with zero attached hydrogens (tertiary/aromatic N) is 1. The third-order valence-corrected chi connectivity index (χ3v) is 5.19.